The monoisotopic (exact) mass is 461 g/mol. The van der Waals surface area contributed by atoms with Crippen molar-refractivity contribution in [3.05, 3.63) is 104 Å². The molecule has 0 saturated heterocycles. The summed E-state index contributed by atoms with van der Waals surface area (Å²) in [5.74, 6) is -1.21. The lowest BCUT2D eigenvalue weighted by Crippen LogP contribution is -2.14. The Morgan fingerprint density at radius 3 is 2.52 bits per heavy atom. The molecular formula is C24H16ClN3O5. The molecule has 0 aliphatic heterocycles. The zero-order valence-electron chi connectivity index (χ0n) is 17.2. The van der Waals surface area contributed by atoms with Crippen LogP contribution in [-0.4, -0.2) is 16.8 Å². The summed E-state index contributed by atoms with van der Waals surface area (Å²) in [4.78, 5) is 35.5. The van der Waals surface area contributed by atoms with Crippen LogP contribution >= 0.6 is 11.6 Å². The van der Waals surface area contributed by atoms with Crippen molar-refractivity contribution < 1.29 is 19.2 Å². The quantitative estimate of drug-likeness (QED) is 0.132. The molecule has 164 valence electrons. The lowest BCUT2D eigenvalue weighted by molar-refractivity contribution is -0.384. The maximum atomic E-state index is 12.6. The largest absolute Gasteiger partial charge is 0.423 e. The van der Waals surface area contributed by atoms with Crippen LogP contribution < -0.4 is 10.1 Å². The van der Waals surface area contributed by atoms with E-state index in [9.17, 15) is 25.0 Å². The van der Waals surface area contributed by atoms with Crippen LogP contribution in [0.2, 0.25) is 5.02 Å². The number of rotatable bonds is 6. The maximum absolute atomic E-state index is 12.6. The Hall–Kier alpha value is -4.48. The minimum absolute atomic E-state index is 0.0256. The molecule has 0 aliphatic rings. The Labute approximate surface area is 193 Å². The van der Waals surface area contributed by atoms with E-state index in [4.69, 9.17) is 16.3 Å². The molecule has 1 N–H and O–H groups in total. The molecule has 3 aromatic carbocycles. The van der Waals surface area contributed by atoms with E-state index < -0.39 is 16.8 Å². The van der Waals surface area contributed by atoms with E-state index in [1.165, 1.54) is 36.4 Å². The van der Waals surface area contributed by atoms with Crippen LogP contribution in [0.15, 0.2) is 72.3 Å². The summed E-state index contributed by atoms with van der Waals surface area (Å²) in [5, 5.41) is 23.6. The second-order valence-electron chi connectivity index (χ2n) is 6.87. The lowest BCUT2D eigenvalue weighted by atomic mass is 10.1. The van der Waals surface area contributed by atoms with Crippen molar-refractivity contribution in [2.75, 3.05) is 5.32 Å². The second-order valence-corrected chi connectivity index (χ2v) is 7.31. The number of benzene rings is 3. The highest BCUT2D eigenvalue weighted by Gasteiger charge is 2.18. The number of aryl methyl sites for hydroxylation is 1. The first kappa shape index (κ1) is 23.2. The van der Waals surface area contributed by atoms with Gasteiger partial charge in [0.25, 0.3) is 11.6 Å². The van der Waals surface area contributed by atoms with E-state index in [0.717, 1.165) is 0 Å². The number of esters is 1. The normalized spacial score (nSPS) is 10.8. The molecule has 0 aliphatic carbocycles. The Balaban J connectivity index is 1.79. The molecule has 0 saturated carbocycles. The number of hydrogen-bond donors (Lipinski definition) is 1. The van der Waals surface area contributed by atoms with E-state index in [1.807, 2.05) is 0 Å². The Bertz CT molecular complexity index is 1310. The molecule has 0 bridgehead atoms. The van der Waals surface area contributed by atoms with Gasteiger partial charge in [-0.15, -0.1) is 0 Å². The van der Waals surface area contributed by atoms with Crippen LogP contribution in [0, 0.1) is 28.4 Å². The highest BCUT2D eigenvalue weighted by Crippen LogP contribution is 2.26. The first-order valence-electron chi connectivity index (χ1n) is 9.53. The van der Waals surface area contributed by atoms with Crippen molar-refractivity contribution in [3.63, 3.8) is 0 Å². The van der Waals surface area contributed by atoms with Crippen LogP contribution in [0.3, 0.4) is 0 Å². The summed E-state index contributed by atoms with van der Waals surface area (Å²) in [7, 11) is 0. The van der Waals surface area contributed by atoms with Gasteiger partial charge < -0.3 is 10.1 Å². The molecule has 0 aromatic heterocycles. The summed E-state index contributed by atoms with van der Waals surface area (Å²) in [6.07, 6.45) is 1.29. The first-order valence-corrected chi connectivity index (χ1v) is 9.90. The van der Waals surface area contributed by atoms with Gasteiger partial charge in [-0.05, 0) is 66.6 Å². The first-order chi connectivity index (χ1) is 15.8. The molecule has 0 heterocycles. The number of amides is 1. The van der Waals surface area contributed by atoms with Crippen LogP contribution in [0.25, 0.3) is 6.08 Å². The third-order valence-electron chi connectivity index (χ3n) is 4.42. The van der Waals surface area contributed by atoms with Crippen molar-refractivity contribution in [1.29, 1.82) is 5.26 Å². The van der Waals surface area contributed by atoms with Gasteiger partial charge in [0.2, 0.25) is 0 Å². The van der Waals surface area contributed by atoms with Gasteiger partial charge in [0.15, 0.2) is 0 Å². The third kappa shape index (κ3) is 6.03. The molecule has 3 rings (SSSR count). The molecule has 0 unspecified atom stereocenters. The summed E-state index contributed by atoms with van der Waals surface area (Å²) < 4.78 is 5.34. The smallest absolute Gasteiger partial charge is 0.343 e. The fourth-order valence-corrected chi connectivity index (χ4v) is 2.95. The zero-order chi connectivity index (χ0) is 24.0. The SMILES string of the molecule is Cc1ccc(NC(=O)/C(C#N)=C/c2cccc(OC(=O)c3ccc(Cl)cc3)c2)c([N+](=O)[O-])c1. The number of nitro groups is 1. The number of halogens is 1. The van der Waals surface area contributed by atoms with Crippen LogP contribution in [0.4, 0.5) is 11.4 Å². The number of hydrogen-bond acceptors (Lipinski definition) is 6. The number of ether oxygens (including phenoxy) is 1. The average Bonchev–Trinajstić information content (AvgIpc) is 2.79. The summed E-state index contributed by atoms with van der Waals surface area (Å²) in [6, 6.07) is 18.5. The van der Waals surface area contributed by atoms with Gasteiger partial charge in [-0.2, -0.15) is 5.26 Å². The average molecular weight is 462 g/mol. The van der Waals surface area contributed by atoms with E-state index in [2.05, 4.69) is 5.32 Å². The summed E-state index contributed by atoms with van der Waals surface area (Å²) in [5.41, 5.74) is 0.782. The number of carbonyl (C=O) groups excluding carboxylic acids is 2. The van der Waals surface area contributed by atoms with Crippen molar-refractivity contribution in [1.82, 2.24) is 0 Å². The molecule has 8 nitrogen and oxygen atoms in total. The van der Waals surface area contributed by atoms with Crippen LogP contribution in [-0.2, 0) is 4.79 Å². The van der Waals surface area contributed by atoms with Gasteiger partial charge in [0.1, 0.15) is 23.1 Å². The predicted molar refractivity (Wildman–Crippen MR) is 123 cm³/mol. The minimum atomic E-state index is -0.812. The molecule has 1 amide bonds. The van der Waals surface area contributed by atoms with Crippen molar-refractivity contribution in [3.8, 4) is 11.8 Å². The molecule has 3 aromatic rings. The number of nitrogens with zero attached hydrogens (tertiary/aromatic N) is 2. The van der Waals surface area contributed by atoms with Crippen molar-refractivity contribution in [2.24, 2.45) is 0 Å². The highest BCUT2D eigenvalue weighted by atomic mass is 35.5. The lowest BCUT2D eigenvalue weighted by Gasteiger charge is -2.07. The van der Waals surface area contributed by atoms with Gasteiger partial charge in [-0.1, -0.05) is 29.8 Å². The van der Waals surface area contributed by atoms with E-state index in [0.29, 0.717) is 21.7 Å². The molecular weight excluding hydrogens is 446 g/mol. The summed E-state index contributed by atoms with van der Waals surface area (Å²) >= 11 is 5.82. The van der Waals surface area contributed by atoms with Gasteiger partial charge in [0.05, 0.1) is 10.5 Å². The maximum Gasteiger partial charge on any atom is 0.343 e. The molecule has 0 radical (unpaired) electrons. The predicted octanol–water partition coefficient (Wildman–Crippen LogP) is 5.32. The number of anilines is 1. The molecule has 0 fully saturated rings. The Morgan fingerprint density at radius 1 is 1.12 bits per heavy atom. The van der Waals surface area contributed by atoms with Crippen molar-refractivity contribution >= 4 is 40.9 Å². The fourth-order valence-electron chi connectivity index (χ4n) is 2.82. The number of carbonyl (C=O) groups is 2. The molecule has 33 heavy (non-hydrogen) atoms. The molecule has 9 heteroatoms. The van der Waals surface area contributed by atoms with Gasteiger partial charge in [0, 0.05) is 11.1 Å². The van der Waals surface area contributed by atoms with E-state index in [-0.39, 0.29) is 22.7 Å². The third-order valence-corrected chi connectivity index (χ3v) is 4.67. The Kier molecular flexibility index (Phi) is 7.18. The summed E-state index contributed by atoms with van der Waals surface area (Å²) in [6.45, 7) is 1.69. The molecule has 0 spiro atoms. The zero-order valence-corrected chi connectivity index (χ0v) is 18.0. The topological polar surface area (TPSA) is 122 Å². The Morgan fingerprint density at radius 2 is 1.85 bits per heavy atom. The standard InChI is InChI=1S/C24H16ClN3O5/c1-15-5-10-21(22(11-15)28(31)32)27-23(29)18(14-26)12-16-3-2-4-20(13-16)33-24(30)17-6-8-19(25)9-7-17/h2-13H,1H3,(H,27,29)/b18-12+. The van der Waals surface area contributed by atoms with Gasteiger partial charge in [-0.3, -0.25) is 14.9 Å². The molecule has 0 atom stereocenters. The van der Waals surface area contributed by atoms with Gasteiger partial charge >= 0.3 is 5.97 Å². The van der Waals surface area contributed by atoms with Gasteiger partial charge in [-0.25, -0.2) is 4.79 Å². The van der Waals surface area contributed by atoms with Crippen LogP contribution in [0.5, 0.6) is 5.75 Å². The second kappa shape index (κ2) is 10.2. The fraction of sp³-hybridized carbons (Fsp3) is 0.0417. The number of nitriles is 1. The van der Waals surface area contributed by atoms with E-state index >= 15 is 0 Å². The number of nitro benzene ring substituents is 1. The van der Waals surface area contributed by atoms with Crippen molar-refractivity contribution in [2.45, 2.75) is 6.92 Å². The van der Waals surface area contributed by atoms with E-state index in [1.54, 1.807) is 49.4 Å². The minimum Gasteiger partial charge on any atom is -0.423 e. The highest BCUT2D eigenvalue weighted by molar-refractivity contribution is 6.30. The van der Waals surface area contributed by atoms with Crippen LogP contribution in [0.1, 0.15) is 21.5 Å². The number of nitrogens with one attached hydrogen (secondary N) is 1.